The van der Waals surface area contributed by atoms with Crippen LogP contribution in [0.5, 0.6) is 0 Å². The van der Waals surface area contributed by atoms with Gasteiger partial charge in [0.05, 0.1) is 0 Å². The Kier molecular flexibility index (Phi) is 3.66. The highest BCUT2D eigenvalue weighted by Crippen LogP contribution is 2.24. The van der Waals surface area contributed by atoms with Gasteiger partial charge in [-0.15, -0.1) is 0 Å². The van der Waals surface area contributed by atoms with E-state index in [0.717, 1.165) is 11.1 Å². The molecule has 0 aromatic carbocycles. The number of ether oxygens (including phenoxy) is 2. The fourth-order valence-electron chi connectivity index (χ4n) is 1.09. The van der Waals surface area contributed by atoms with E-state index in [4.69, 9.17) is 21.1 Å². The quantitative estimate of drug-likeness (QED) is 0.556. The van der Waals surface area contributed by atoms with Gasteiger partial charge in [-0.2, -0.15) is 0 Å². The molecule has 0 saturated heterocycles. The first kappa shape index (κ1) is 10.4. The lowest BCUT2D eigenvalue weighted by Gasteiger charge is -2.14. The first-order valence-corrected chi connectivity index (χ1v) is 4.24. The highest BCUT2D eigenvalue weighted by atomic mass is 35.5. The van der Waals surface area contributed by atoms with Crippen LogP contribution in [0.4, 0.5) is 0 Å². The van der Waals surface area contributed by atoms with E-state index in [0.29, 0.717) is 5.15 Å². The molecule has 1 aromatic heterocycles. The molecule has 0 N–H and O–H groups in total. The zero-order chi connectivity index (χ0) is 9.84. The summed E-state index contributed by atoms with van der Waals surface area (Å²) >= 11 is 5.88. The second-order valence-electron chi connectivity index (χ2n) is 2.70. The highest BCUT2D eigenvalue weighted by molar-refractivity contribution is 6.30. The first-order valence-electron chi connectivity index (χ1n) is 3.86. The van der Waals surface area contributed by atoms with Crippen molar-refractivity contribution in [2.45, 2.75) is 13.2 Å². The summed E-state index contributed by atoms with van der Waals surface area (Å²) in [5.74, 6) is 0. The lowest BCUT2D eigenvalue weighted by Crippen LogP contribution is -2.05. The van der Waals surface area contributed by atoms with Crippen LogP contribution in [0.2, 0.25) is 5.15 Å². The van der Waals surface area contributed by atoms with Gasteiger partial charge in [0, 0.05) is 26.0 Å². The molecule has 72 valence electrons. The lowest BCUT2D eigenvalue weighted by molar-refractivity contribution is -0.106. The number of rotatable bonds is 3. The predicted octanol–water partition coefficient (Wildman–Crippen LogP) is 2.33. The minimum absolute atomic E-state index is 0.416. The van der Waals surface area contributed by atoms with Crippen LogP contribution < -0.4 is 0 Å². The topological polar surface area (TPSA) is 31.4 Å². The maximum atomic E-state index is 5.88. The van der Waals surface area contributed by atoms with Crippen LogP contribution in [0.25, 0.3) is 0 Å². The van der Waals surface area contributed by atoms with E-state index >= 15 is 0 Å². The summed E-state index contributed by atoms with van der Waals surface area (Å²) in [4.78, 5) is 4.00. The standard InChI is InChI=1S/C9H12ClNO2/c1-6-4-7(8(10)11-5-6)9(12-2)13-3/h4-5,9H,1-3H3. The third-order valence-corrected chi connectivity index (χ3v) is 2.00. The predicted molar refractivity (Wildman–Crippen MR) is 50.7 cm³/mol. The number of methoxy groups -OCH3 is 2. The summed E-state index contributed by atoms with van der Waals surface area (Å²) in [6, 6.07) is 1.90. The number of pyridine rings is 1. The maximum absolute atomic E-state index is 5.88. The molecule has 0 saturated carbocycles. The van der Waals surface area contributed by atoms with Crippen molar-refractivity contribution in [1.29, 1.82) is 0 Å². The van der Waals surface area contributed by atoms with Crippen LogP contribution in [-0.4, -0.2) is 19.2 Å². The van der Waals surface area contributed by atoms with Gasteiger partial charge in [0.15, 0.2) is 6.29 Å². The smallest absolute Gasteiger partial charge is 0.186 e. The van der Waals surface area contributed by atoms with Crippen LogP contribution >= 0.6 is 11.6 Å². The van der Waals surface area contributed by atoms with Gasteiger partial charge in [0.1, 0.15) is 5.15 Å². The van der Waals surface area contributed by atoms with Gasteiger partial charge in [0.25, 0.3) is 0 Å². The summed E-state index contributed by atoms with van der Waals surface area (Å²) < 4.78 is 10.1. The maximum Gasteiger partial charge on any atom is 0.186 e. The summed E-state index contributed by atoms with van der Waals surface area (Å²) in [6.45, 7) is 1.94. The van der Waals surface area contributed by atoms with E-state index in [1.54, 1.807) is 20.4 Å². The number of halogens is 1. The molecule has 3 nitrogen and oxygen atoms in total. The zero-order valence-electron chi connectivity index (χ0n) is 7.87. The monoisotopic (exact) mass is 201 g/mol. The van der Waals surface area contributed by atoms with Crippen molar-refractivity contribution in [3.8, 4) is 0 Å². The minimum Gasteiger partial charge on any atom is -0.352 e. The average Bonchev–Trinajstić information content (AvgIpc) is 2.13. The molecule has 1 rings (SSSR count). The number of aromatic nitrogens is 1. The third kappa shape index (κ3) is 2.40. The molecule has 0 aliphatic carbocycles. The van der Waals surface area contributed by atoms with Gasteiger partial charge in [-0.25, -0.2) is 4.98 Å². The Balaban J connectivity index is 3.03. The van der Waals surface area contributed by atoms with Crippen LogP contribution in [-0.2, 0) is 9.47 Å². The van der Waals surface area contributed by atoms with Crippen molar-refractivity contribution in [3.63, 3.8) is 0 Å². The van der Waals surface area contributed by atoms with Crippen molar-refractivity contribution in [2.24, 2.45) is 0 Å². The van der Waals surface area contributed by atoms with E-state index in [-0.39, 0.29) is 0 Å². The van der Waals surface area contributed by atoms with Crippen molar-refractivity contribution >= 4 is 11.6 Å². The van der Waals surface area contributed by atoms with Gasteiger partial charge in [-0.05, 0) is 18.6 Å². The minimum atomic E-state index is -0.445. The number of hydrogen-bond acceptors (Lipinski definition) is 3. The molecular formula is C9H12ClNO2. The van der Waals surface area contributed by atoms with Crippen LogP contribution in [0, 0.1) is 6.92 Å². The average molecular weight is 202 g/mol. The second kappa shape index (κ2) is 4.56. The molecule has 4 heteroatoms. The summed E-state index contributed by atoms with van der Waals surface area (Å²) in [7, 11) is 3.12. The largest absolute Gasteiger partial charge is 0.352 e. The molecule has 0 radical (unpaired) electrons. The molecule has 0 aliphatic rings. The Morgan fingerprint density at radius 2 is 2.00 bits per heavy atom. The van der Waals surface area contributed by atoms with Gasteiger partial charge < -0.3 is 9.47 Å². The van der Waals surface area contributed by atoms with Crippen molar-refractivity contribution in [3.05, 3.63) is 28.5 Å². The fourth-order valence-corrected chi connectivity index (χ4v) is 1.28. The molecule has 0 unspecified atom stereocenters. The molecule has 13 heavy (non-hydrogen) atoms. The number of hydrogen-bond donors (Lipinski definition) is 0. The Morgan fingerprint density at radius 3 is 2.54 bits per heavy atom. The summed E-state index contributed by atoms with van der Waals surface area (Å²) in [6.07, 6.45) is 1.26. The molecular weight excluding hydrogens is 190 g/mol. The van der Waals surface area contributed by atoms with Crippen molar-refractivity contribution < 1.29 is 9.47 Å². The van der Waals surface area contributed by atoms with Crippen LogP contribution in [0.1, 0.15) is 17.4 Å². The van der Waals surface area contributed by atoms with E-state index in [1.807, 2.05) is 13.0 Å². The van der Waals surface area contributed by atoms with E-state index < -0.39 is 6.29 Å². The summed E-state index contributed by atoms with van der Waals surface area (Å²) in [5, 5.41) is 0.416. The number of aryl methyl sites for hydroxylation is 1. The lowest BCUT2D eigenvalue weighted by atomic mass is 10.2. The van der Waals surface area contributed by atoms with Gasteiger partial charge >= 0.3 is 0 Å². The van der Waals surface area contributed by atoms with Crippen molar-refractivity contribution in [2.75, 3.05) is 14.2 Å². The molecule has 0 fully saturated rings. The van der Waals surface area contributed by atoms with Crippen LogP contribution in [0.15, 0.2) is 12.3 Å². The first-order chi connectivity index (χ1) is 6.19. The molecule has 0 atom stereocenters. The Bertz CT molecular complexity index is 287. The Hall–Kier alpha value is -0.640. The zero-order valence-corrected chi connectivity index (χ0v) is 8.63. The molecule has 1 heterocycles. The third-order valence-electron chi connectivity index (χ3n) is 1.68. The van der Waals surface area contributed by atoms with Gasteiger partial charge in [-0.3, -0.25) is 0 Å². The molecule has 0 amide bonds. The molecule has 0 bridgehead atoms. The SMILES string of the molecule is COC(OC)c1cc(C)cnc1Cl. The highest BCUT2D eigenvalue weighted by Gasteiger charge is 2.13. The van der Waals surface area contributed by atoms with Crippen LogP contribution in [0.3, 0.4) is 0 Å². The Labute approximate surface area is 82.6 Å². The van der Waals surface area contributed by atoms with E-state index in [9.17, 15) is 0 Å². The van der Waals surface area contributed by atoms with Gasteiger partial charge in [-0.1, -0.05) is 11.6 Å². The van der Waals surface area contributed by atoms with Gasteiger partial charge in [0.2, 0.25) is 0 Å². The summed E-state index contributed by atoms with van der Waals surface area (Å²) in [5.41, 5.74) is 1.78. The second-order valence-corrected chi connectivity index (χ2v) is 3.05. The molecule has 0 aliphatic heterocycles. The Morgan fingerprint density at radius 1 is 1.38 bits per heavy atom. The van der Waals surface area contributed by atoms with E-state index in [2.05, 4.69) is 4.98 Å². The molecule has 0 spiro atoms. The van der Waals surface area contributed by atoms with Crippen molar-refractivity contribution in [1.82, 2.24) is 4.98 Å². The normalized spacial score (nSPS) is 10.8. The molecule has 1 aromatic rings. The number of nitrogens with zero attached hydrogens (tertiary/aromatic N) is 1. The van der Waals surface area contributed by atoms with E-state index in [1.165, 1.54) is 0 Å². The fraction of sp³-hybridized carbons (Fsp3) is 0.444.